The number of anilines is 1. The number of nitrogens with zero attached hydrogens (tertiary/aromatic N) is 2. The van der Waals surface area contributed by atoms with Crippen LogP contribution in [-0.2, 0) is 0 Å². The number of methoxy groups -OCH3 is 1. The number of fused-ring (bicyclic) bond motifs is 1. The maximum Gasteiger partial charge on any atom is 0.277 e. The molecule has 0 radical (unpaired) electrons. The minimum Gasteiger partial charge on any atom is -0.496 e. The van der Waals surface area contributed by atoms with E-state index in [1.807, 2.05) is 66.7 Å². The summed E-state index contributed by atoms with van der Waals surface area (Å²) >= 11 is 6.09. The van der Waals surface area contributed by atoms with Crippen molar-refractivity contribution in [3.8, 4) is 17.0 Å². The SMILES string of the molecule is COc1ccccc1C1c2c(-c3ccccc3)n[nH]c2C(=O)N1c1ccc(Cl)cc1. The van der Waals surface area contributed by atoms with E-state index in [0.29, 0.717) is 16.5 Å². The van der Waals surface area contributed by atoms with Gasteiger partial charge in [-0.2, -0.15) is 5.10 Å². The maximum absolute atomic E-state index is 13.5. The average Bonchev–Trinajstić information content (AvgIpc) is 3.34. The number of aromatic amines is 1. The number of hydrogen-bond donors (Lipinski definition) is 1. The summed E-state index contributed by atoms with van der Waals surface area (Å²) in [4.78, 5) is 15.3. The third-order valence-corrected chi connectivity index (χ3v) is 5.61. The Morgan fingerprint density at radius 1 is 0.967 bits per heavy atom. The fourth-order valence-corrected chi connectivity index (χ4v) is 4.14. The third-order valence-electron chi connectivity index (χ3n) is 5.35. The molecule has 2 heterocycles. The van der Waals surface area contributed by atoms with Gasteiger partial charge >= 0.3 is 0 Å². The van der Waals surface area contributed by atoms with E-state index in [4.69, 9.17) is 16.3 Å². The van der Waals surface area contributed by atoms with Crippen molar-refractivity contribution in [3.05, 3.63) is 101 Å². The van der Waals surface area contributed by atoms with Crippen LogP contribution in [0.2, 0.25) is 5.02 Å². The third kappa shape index (κ3) is 2.86. The standard InChI is InChI=1S/C24H18ClN3O2/c1-30-19-10-6-5-9-18(19)23-20-21(15-7-3-2-4-8-15)26-27-22(20)24(29)28(23)17-13-11-16(25)12-14-17/h2-14,23H,1H3,(H,26,27). The lowest BCUT2D eigenvalue weighted by Gasteiger charge is -2.27. The molecule has 1 unspecified atom stereocenters. The zero-order valence-corrected chi connectivity index (χ0v) is 16.9. The van der Waals surface area contributed by atoms with Crippen molar-refractivity contribution < 1.29 is 9.53 Å². The van der Waals surface area contributed by atoms with E-state index in [2.05, 4.69) is 10.2 Å². The van der Waals surface area contributed by atoms with Crippen LogP contribution in [0.15, 0.2) is 78.9 Å². The highest BCUT2D eigenvalue weighted by molar-refractivity contribution is 6.30. The van der Waals surface area contributed by atoms with Gasteiger partial charge in [-0.05, 0) is 30.3 Å². The zero-order chi connectivity index (χ0) is 20.7. The Hall–Kier alpha value is -3.57. The molecule has 1 atom stereocenters. The van der Waals surface area contributed by atoms with Crippen LogP contribution >= 0.6 is 11.6 Å². The number of halogens is 1. The average molecular weight is 416 g/mol. The molecule has 1 aromatic heterocycles. The van der Waals surface area contributed by atoms with Gasteiger partial charge in [0.05, 0.1) is 18.8 Å². The molecule has 4 aromatic rings. The second kappa shape index (κ2) is 7.35. The molecule has 3 aromatic carbocycles. The normalized spacial score (nSPS) is 15.3. The Bertz CT molecular complexity index is 1220. The molecule has 30 heavy (non-hydrogen) atoms. The molecule has 0 bridgehead atoms. The van der Waals surface area contributed by atoms with Gasteiger partial charge in [0.25, 0.3) is 5.91 Å². The largest absolute Gasteiger partial charge is 0.496 e. The number of hydrogen-bond acceptors (Lipinski definition) is 3. The van der Waals surface area contributed by atoms with Crippen LogP contribution < -0.4 is 9.64 Å². The van der Waals surface area contributed by atoms with E-state index in [-0.39, 0.29) is 5.91 Å². The van der Waals surface area contributed by atoms with Gasteiger partial charge in [-0.25, -0.2) is 0 Å². The van der Waals surface area contributed by atoms with Gasteiger partial charge < -0.3 is 4.74 Å². The van der Waals surface area contributed by atoms with E-state index >= 15 is 0 Å². The molecule has 0 saturated carbocycles. The monoisotopic (exact) mass is 415 g/mol. The number of rotatable bonds is 4. The second-order valence-corrected chi connectivity index (χ2v) is 7.46. The molecule has 1 N–H and O–H groups in total. The Balaban J connectivity index is 1.76. The first kappa shape index (κ1) is 18.5. The maximum atomic E-state index is 13.5. The van der Waals surface area contributed by atoms with E-state index in [0.717, 1.165) is 28.1 Å². The van der Waals surface area contributed by atoms with Crippen molar-refractivity contribution in [1.29, 1.82) is 0 Å². The molecular weight excluding hydrogens is 398 g/mol. The first-order valence-corrected chi connectivity index (χ1v) is 9.92. The molecule has 0 saturated heterocycles. The van der Waals surface area contributed by atoms with E-state index in [9.17, 15) is 4.79 Å². The van der Waals surface area contributed by atoms with Crippen LogP contribution in [0.1, 0.15) is 27.7 Å². The number of amides is 1. The summed E-state index contributed by atoms with van der Waals surface area (Å²) in [7, 11) is 1.64. The lowest BCUT2D eigenvalue weighted by molar-refractivity contribution is 0.0988. The molecule has 1 aliphatic heterocycles. The Morgan fingerprint density at radius 3 is 2.40 bits per heavy atom. The molecule has 1 amide bonds. The quantitative estimate of drug-likeness (QED) is 0.479. The first-order valence-electron chi connectivity index (χ1n) is 9.54. The molecule has 1 aliphatic rings. The fourth-order valence-electron chi connectivity index (χ4n) is 4.02. The highest BCUT2D eigenvalue weighted by Gasteiger charge is 2.44. The molecule has 0 aliphatic carbocycles. The van der Waals surface area contributed by atoms with Crippen LogP contribution in [-0.4, -0.2) is 23.2 Å². The first-order chi connectivity index (χ1) is 14.7. The van der Waals surface area contributed by atoms with E-state index in [1.165, 1.54) is 0 Å². The number of H-pyrrole nitrogens is 1. The summed E-state index contributed by atoms with van der Waals surface area (Å²) in [5, 5.41) is 8.09. The van der Waals surface area contributed by atoms with E-state index in [1.54, 1.807) is 24.1 Å². The summed E-state index contributed by atoms with van der Waals surface area (Å²) in [5.41, 5.74) is 4.67. The second-order valence-electron chi connectivity index (χ2n) is 7.02. The predicted molar refractivity (Wildman–Crippen MR) is 117 cm³/mol. The predicted octanol–water partition coefficient (Wildman–Crippen LogP) is 5.49. The highest BCUT2D eigenvalue weighted by atomic mass is 35.5. The van der Waals surface area contributed by atoms with Gasteiger partial charge in [0.2, 0.25) is 0 Å². The van der Waals surface area contributed by atoms with Crippen LogP contribution in [0.3, 0.4) is 0 Å². The van der Waals surface area contributed by atoms with Crippen LogP contribution in [0, 0.1) is 0 Å². The summed E-state index contributed by atoms with van der Waals surface area (Å²) in [6.45, 7) is 0. The number of para-hydroxylation sites is 1. The zero-order valence-electron chi connectivity index (χ0n) is 16.2. The summed E-state index contributed by atoms with van der Waals surface area (Å²) in [6.07, 6.45) is 0. The lowest BCUT2D eigenvalue weighted by atomic mass is 9.95. The molecule has 0 spiro atoms. The Kier molecular flexibility index (Phi) is 4.52. The van der Waals surface area contributed by atoms with Crippen LogP contribution in [0.4, 0.5) is 5.69 Å². The summed E-state index contributed by atoms with van der Waals surface area (Å²) < 4.78 is 5.64. The van der Waals surface area contributed by atoms with Gasteiger partial charge in [-0.15, -0.1) is 0 Å². The summed E-state index contributed by atoms with van der Waals surface area (Å²) in [6, 6.07) is 24.5. The van der Waals surface area contributed by atoms with Crippen molar-refractivity contribution >= 4 is 23.2 Å². The van der Waals surface area contributed by atoms with E-state index < -0.39 is 6.04 Å². The van der Waals surface area contributed by atoms with Crippen molar-refractivity contribution in [2.24, 2.45) is 0 Å². The Labute approximate surface area is 178 Å². The molecule has 5 nitrogen and oxygen atoms in total. The smallest absolute Gasteiger partial charge is 0.277 e. The Morgan fingerprint density at radius 2 is 1.67 bits per heavy atom. The topological polar surface area (TPSA) is 58.2 Å². The van der Waals surface area contributed by atoms with Gasteiger partial charge in [0, 0.05) is 27.4 Å². The number of carbonyl (C=O) groups excluding carboxylic acids is 1. The minimum absolute atomic E-state index is 0.141. The fraction of sp³-hybridized carbons (Fsp3) is 0.0833. The van der Waals surface area contributed by atoms with Gasteiger partial charge in [0.15, 0.2) is 0 Å². The van der Waals surface area contributed by atoms with Gasteiger partial charge in [0.1, 0.15) is 11.4 Å². The van der Waals surface area contributed by atoms with Crippen LogP contribution in [0.25, 0.3) is 11.3 Å². The summed E-state index contributed by atoms with van der Waals surface area (Å²) in [5.74, 6) is 0.570. The van der Waals surface area contributed by atoms with Crippen molar-refractivity contribution in [3.63, 3.8) is 0 Å². The highest BCUT2D eigenvalue weighted by Crippen LogP contribution is 2.47. The van der Waals surface area contributed by atoms with Crippen molar-refractivity contribution in [1.82, 2.24) is 10.2 Å². The minimum atomic E-state index is -0.390. The number of nitrogens with one attached hydrogen (secondary N) is 1. The molecule has 5 rings (SSSR count). The lowest BCUT2D eigenvalue weighted by Crippen LogP contribution is -2.29. The van der Waals surface area contributed by atoms with Crippen molar-refractivity contribution in [2.75, 3.05) is 12.0 Å². The molecule has 0 fully saturated rings. The van der Waals surface area contributed by atoms with Gasteiger partial charge in [-0.1, -0.05) is 60.1 Å². The number of carbonyl (C=O) groups is 1. The van der Waals surface area contributed by atoms with Gasteiger partial charge in [-0.3, -0.25) is 14.8 Å². The number of ether oxygens (including phenoxy) is 1. The number of aromatic nitrogens is 2. The van der Waals surface area contributed by atoms with Crippen molar-refractivity contribution in [2.45, 2.75) is 6.04 Å². The molecule has 148 valence electrons. The molecule has 6 heteroatoms. The number of benzene rings is 3. The molecular formula is C24H18ClN3O2. The van der Waals surface area contributed by atoms with Crippen LogP contribution in [0.5, 0.6) is 5.75 Å².